The number of nitrogens with one attached hydrogen (secondary N) is 2. The van der Waals surface area contributed by atoms with Gasteiger partial charge in [-0.3, -0.25) is 4.99 Å². The van der Waals surface area contributed by atoms with Crippen LogP contribution in [0.2, 0.25) is 0 Å². The van der Waals surface area contributed by atoms with Gasteiger partial charge in [-0.1, -0.05) is 25.7 Å². The lowest BCUT2D eigenvalue weighted by Gasteiger charge is -2.13. The molecule has 1 saturated carbocycles. The van der Waals surface area contributed by atoms with Crippen molar-refractivity contribution in [3.8, 4) is 0 Å². The number of furan rings is 1. The Hall–Kier alpha value is -1.49. The molecule has 23 heavy (non-hydrogen) atoms. The molecule has 0 unspecified atom stereocenters. The van der Waals surface area contributed by atoms with Gasteiger partial charge >= 0.3 is 0 Å². The van der Waals surface area contributed by atoms with Crippen LogP contribution < -0.4 is 10.6 Å². The molecular weight excluding hydrogens is 290 g/mol. The molecule has 0 saturated heterocycles. The van der Waals surface area contributed by atoms with Gasteiger partial charge in [-0.25, -0.2) is 0 Å². The van der Waals surface area contributed by atoms with E-state index in [0.29, 0.717) is 13.2 Å². The molecule has 0 amide bonds. The van der Waals surface area contributed by atoms with Crippen molar-refractivity contribution < 1.29 is 9.15 Å². The maximum atomic E-state index is 5.55. The SMILES string of the molecule is CN=C(NCCCOCc1ccco1)NCCCC1CCCC1. The Morgan fingerprint density at radius 3 is 2.74 bits per heavy atom. The van der Waals surface area contributed by atoms with Crippen molar-refractivity contribution in [2.75, 3.05) is 26.7 Å². The van der Waals surface area contributed by atoms with Crippen molar-refractivity contribution in [2.45, 2.75) is 51.6 Å². The Labute approximate surface area is 139 Å². The molecule has 0 atom stereocenters. The molecule has 130 valence electrons. The van der Waals surface area contributed by atoms with Crippen molar-refractivity contribution in [3.05, 3.63) is 24.2 Å². The molecule has 0 aromatic carbocycles. The summed E-state index contributed by atoms with van der Waals surface area (Å²) in [7, 11) is 1.82. The molecule has 1 heterocycles. The smallest absolute Gasteiger partial charge is 0.190 e. The van der Waals surface area contributed by atoms with Gasteiger partial charge in [0.05, 0.1) is 6.26 Å². The molecule has 2 rings (SSSR count). The van der Waals surface area contributed by atoms with Crippen LogP contribution in [0.3, 0.4) is 0 Å². The molecule has 0 bridgehead atoms. The van der Waals surface area contributed by atoms with Crippen molar-refractivity contribution in [2.24, 2.45) is 10.9 Å². The van der Waals surface area contributed by atoms with E-state index in [-0.39, 0.29) is 0 Å². The zero-order valence-corrected chi connectivity index (χ0v) is 14.4. The van der Waals surface area contributed by atoms with E-state index in [1.165, 1.54) is 38.5 Å². The van der Waals surface area contributed by atoms with Crippen LogP contribution in [-0.2, 0) is 11.3 Å². The lowest BCUT2D eigenvalue weighted by atomic mass is 10.0. The molecule has 5 heteroatoms. The van der Waals surface area contributed by atoms with Crippen LogP contribution in [0, 0.1) is 5.92 Å². The van der Waals surface area contributed by atoms with Crippen LogP contribution in [0.4, 0.5) is 0 Å². The van der Waals surface area contributed by atoms with Crippen LogP contribution in [0.15, 0.2) is 27.8 Å². The van der Waals surface area contributed by atoms with Gasteiger partial charge in [0.15, 0.2) is 5.96 Å². The van der Waals surface area contributed by atoms with Crippen LogP contribution in [-0.4, -0.2) is 32.7 Å². The van der Waals surface area contributed by atoms with E-state index in [1.807, 2.05) is 19.2 Å². The normalized spacial score (nSPS) is 16.0. The van der Waals surface area contributed by atoms with E-state index >= 15 is 0 Å². The van der Waals surface area contributed by atoms with Crippen molar-refractivity contribution in [1.29, 1.82) is 0 Å². The Morgan fingerprint density at radius 2 is 2.04 bits per heavy atom. The predicted octanol–water partition coefficient (Wildman–Crippen LogP) is 3.32. The minimum atomic E-state index is 0.543. The molecule has 1 aliphatic rings. The Kier molecular flexibility index (Phi) is 8.62. The van der Waals surface area contributed by atoms with Crippen LogP contribution in [0.1, 0.15) is 50.7 Å². The second-order valence-electron chi connectivity index (χ2n) is 6.20. The molecule has 5 nitrogen and oxygen atoms in total. The van der Waals surface area contributed by atoms with Gasteiger partial charge in [0, 0.05) is 26.7 Å². The quantitative estimate of drug-likeness (QED) is 0.394. The summed E-state index contributed by atoms with van der Waals surface area (Å²) in [6.07, 6.45) is 10.9. The van der Waals surface area contributed by atoms with Gasteiger partial charge in [-0.05, 0) is 37.3 Å². The van der Waals surface area contributed by atoms with Gasteiger partial charge in [-0.15, -0.1) is 0 Å². The largest absolute Gasteiger partial charge is 0.467 e. The summed E-state index contributed by atoms with van der Waals surface area (Å²) in [5, 5.41) is 6.72. The van der Waals surface area contributed by atoms with E-state index in [1.54, 1.807) is 6.26 Å². The monoisotopic (exact) mass is 321 g/mol. The Morgan fingerprint density at radius 1 is 1.26 bits per heavy atom. The molecule has 1 fully saturated rings. The summed E-state index contributed by atoms with van der Waals surface area (Å²) >= 11 is 0. The zero-order chi connectivity index (χ0) is 16.2. The number of hydrogen-bond donors (Lipinski definition) is 2. The first kappa shape index (κ1) is 17.9. The van der Waals surface area contributed by atoms with Gasteiger partial charge < -0.3 is 19.8 Å². The summed E-state index contributed by atoms with van der Waals surface area (Å²) in [6, 6.07) is 3.80. The fraction of sp³-hybridized carbons (Fsp3) is 0.722. The lowest BCUT2D eigenvalue weighted by molar-refractivity contribution is 0.105. The van der Waals surface area contributed by atoms with Crippen molar-refractivity contribution >= 4 is 5.96 Å². The minimum absolute atomic E-state index is 0.543. The second-order valence-corrected chi connectivity index (χ2v) is 6.20. The molecular formula is C18H31N3O2. The third kappa shape index (κ3) is 7.55. The van der Waals surface area contributed by atoms with E-state index in [9.17, 15) is 0 Å². The third-order valence-corrected chi connectivity index (χ3v) is 4.36. The number of rotatable bonds is 10. The molecule has 0 spiro atoms. The molecule has 1 aromatic rings. The van der Waals surface area contributed by atoms with E-state index in [2.05, 4.69) is 15.6 Å². The van der Waals surface area contributed by atoms with Gasteiger partial charge in [0.2, 0.25) is 0 Å². The van der Waals surface area contributed by atoms with Gasteiger partial charge in [-0.2, -0.15) is 0 Å². The predicted molar refractivity (Wildman–Crippen MR) is 93.5 cm³/mol. The highest BCUT2D eigenvalue weighted by molar-refractivity contribution is 5.79. The molecule has 0 radical (unpaired) electrons. The first-order valence-corrected chi connectivity index (χ1v) is 8.93. The van der Waals surface area contributed by atoms with Crippen LogP contribution >= 0.6 is 0 Å². The maximum absolute atomic E-state index is 5.55. The minimum Gasteiger partial charge on any atom is -0.467 e. The first-order chi connectivity index (χ1) is 11.4. The molecule has 1 aliphatic carbocycles. The Bertz CT molecular complexity index is 425. The maximum Gasteiger partial charge on any atom is 0.190 e. The second kappa shape index (κ2) is 11.1. The Balaban J connectivity index is 1.43. The topological polar surface area (TPSA) is 58.8 Å². The number of aliphatic imine (C=N–C) groups is 1. The average molecular weight is 321 g/mol. The van der Waals surface area contributed by atoms with Gasteiger partial charge in [0.25, 0.3) is 0 Å². The van der Waals surface area contributed by atoms with Crippen LogP contribution in [0.5, 0.6) is 0 Å². The first-order valence-electron chi connectivity index (χ1n) is 8.93. The van der Waals surface area contributed by atoms with E-state index in [0.717, 1.165) is 37.1 Å². The zero-order valence-electron chi connectivity index (χ0n) is 14.4. The van der Waals surface area contributed by atoms with E-state index in [4.69, 9.17) is 9.15 Å². The standard InChI is InChI=1S/C18H31N3O2/c1-19-18(20-11-4-9-16-7-2-3-8-16)21-12-6-13-22-15-17-10-5-14-23-17/h5,10,14,16H,2-4,6-9,11-13,15H2,1H3,(H2,19,20,21). The number of guanidine groups is 1. The molecule has 0 aliphatic heterocycles. The van der Waals surface area contributed by atoms with E-state index < -0.39 is 0 Å². The highest BCUT2D eigenvalue weighted by atomic mass is 16.5. The third-order valence-electron chi connectivity index (χ3n) is 4.36. The highest BCUT2D eigenvalue weighted by Gasteiger charge is 2.13. The lowest BCUT2D eigenvalue weighted by Crippen LogP contribution is -2.38. The van der Waals surface area contributed by atoms with Crippen molar-refractivity contribution in [1.82, 2.24) is 10.6 Å². The fourth-order valence-corrected chi connectivity index (χ4v) is 3.07. The molecule has 2 N–H and O–H groups in total. The fourth-order valence-electron chi connectivity index (χ4n) is 3.07. The number of nitrogens with zero attached hydrogens (tertiary/aromatic N) is 1. The molecule has 1 aromatic heterocycles. The average Bonchev–Trinajstić information content (AvgIpc) is 3.26. The summed E-state index contributed by atoms with van der Waals surface area (Å²) < 4.78 is 10.8. The number of ether oxygens (including phenoxy) is 1. The highest BCUT2D eigenvalue weighted by Crippen LogP contribution is 2.28. The van der Waals surface area contributed by atoms with Crippen molar-refractivity contribution in [3.63, 3.8) is 0 Å². The number of hydrogen-bond acceptors (Lipinski definition) is 3. The van der Waals surface area contributed by atoms with Crippen LogP contribution in [0.25, 0.3) is 0 Å². The summed E-state index contributed by atoms with van der Waals surface area (Å²) in [4.78, 5) is 4.25. The summed E-state index contributed by atoms with van der Waals surface area (Å²) in [6.45, 7) is 3.12. The summed E-state index contributed by atoms with van der Waals surface area (Å²) in [5.41, 5.74) is 0. The summed E-state index contributed by atoms with van der Waals surface area (Å²) in [5.74, 6) is 2.73. The van der Waals surface area contributed by atoms with Gasteiger partial charge in [0.1, 0.15) is 12.4 Å².